The van der Waals surface area contributed by atoms with E-state index < -0.39 is 0 Å². The SMILES string of the molecule is CC(C)Cc1ccc2c(n1)C(=O)NC2. The van der Waals surface area contributed by atoms with Crippen LogP contribution in [0.25, 0.3) is 0 Å². The first kappa shape index (κ1) is 9.19. The Bertz CT molecular complexity index is 372. The van der Waals surface area contributed by atoms with Crippen LogP contribution in [0.3, 0.4) is 0 Å². The molecule has 1 aromatic heterocycles. The number of aromatic nitrogens is 1. The number of fused-ring (bicyclic) bond motifs is 1. The lowest BCUT2D eigenvalue weighted by Gasteiger charge is -2.04. The second-order valence-electron chi connectivity index (χ2n) is 4.09. The third-order valence-corrected chi connectivity index (χ3v) is 2.31. The first-order valence-corrected chi connectivity index (χ1v) is 4.94. The summed E-state index contributed by atoms with van der Waals surface area (Å²) in [6.45, 7) is 4.92. The molecule has 3 nitrogen and oxygen atoms in total. The molecule has 0 spiro atoms. The second-order valence-corrected chi connectivity index (χ2v) is 4.09. The van der Waals surface area contributed by atoms with E-state index in [1.165, 1.54) is 0 Å². The average molecular weight is 190 g/mol. The highest BCUT2D eigenvalue weighted by atomic mass is 16.2. The van der Waals surface area contributed by atoms with Crippen molar-refractivity contribution in [2.75, 3.05) is 0 Å². The Labute approximate surface area is 83.5 Å². The van der Waals surface area contributed by atoms with Crippen molar-refractivity contribution in [1.29, 1.82) is 0 Å². The summed E-state index contributed by atoms with van der Waals surface area (Å²) in [6, 6.07) is 4.01. The van der Waals surface area contributed by atoms with Gasteiger partial charge in [0.2, 0.25) is 0 Å². The Balaban J connectivity index is 2.30. The van der Waals surface area contributed by atoms with Gasteiger partial charge in [-0.25, -0.2) is 4.98 Å². The molecule has 1 aliphatic heterocycles. The predicted octanol–water partition coefficient (Wildman–Crippen LogP) is 1.52. The lowest BCUT2D eigenvalue weighted by Crippen LogP contribution is -2.13. The first-order chi connectivity index (χ1) is 6.66. The van der Waals surface area contributed by atoms with Crippen molar-refractivity contribution in [3.8, 4) is 0 Å². The van der Waals surface area contributed by atoms with Crippen molar-refractivity contribution >= 4 is 5.91 Å². The standard InChI is InChI=1S/C11H14N2O/c1-7(2)5-9-4-3-8-6-12-11(14)10(8)13-9/h3-4,7H,5-6H2,1-2H3,(H,12,14). The average Bonchev–Trinajstić information content (AvgIpc) is 2.47. The Hall–Kier alpha value is -1.38. The molecule has 0 aliphatic carbocycles. The number of amides is 1. The molecule has 74 valence electrons. The van der Waals surface area contributed by atoms with Gasteiger partial charge in [-0.3, -0.25) is 4.79 Å². The quantitative estimate of drug-likeness (QED) is 0.768. The van der Waals surface area contributed by atoms with Crippen molar-refractivity contribution in [2.45, 2.75) is 26.8 Å². The molecular formula is C11H14N2O. The van der Waals surface area contributed by atoms with Gasteiger partial charge in [-0.05, 0) is 18.4 Å². The van der Waals surface area contributed by atoms with Crippen LogP contribution in [-0.4, -0.2) is 10.9 Å². The molecule has 2 heterocycles. The van der Waals surface area contributed by atoms with E-state index in [1.54, 1.807) is 0 Å². The predicted molar refractivity (Wildman–Crippen MR) is 53.9 cm³/mol. The molecule has 1 amide bonds. The maximum absolute atomic E-state index is 11.3. The topological polar surface area (TPSA) is 42.0 Å². The fourth-order valence-corrected chi connectivity index (χ4v) is 1.66. The molecule has 0 saturated carbocycles. The van der Waals surface area contributed by atoms with Crippen LogP contribution in [0.5, 0.6) is 0 Å². The molecule has 3 heteroatoms. The molecule has 1 N–H and O–H groups in total. The Morgan fingerprint density at radius 1 is 1.50 bits per heavy atom. The van der Waals surface area contributed by atoms with Crippen LogP contribution < -0.4 is 5.32 Å². The lowest BCUT2D eigenvalue weighted by atomic mass is 10.1. The molecule has 0 radical (unpaired) electrons. The molecule has 0 aromatic carbocycles. The first-order valence-electron chi connectivity index (χ1n) is 4.94. The summed E-state index contributed by atoms with van der Waals surface area (Å²) in [6.07, 6.45) is 0.931. The summed E-state index contributed by atoms with van der Waals surface area (Å²) in [7, 11) is 0. The number of hydrogen-bond donors (Lipinski definition) is 1. The maximum Gasteiger partial charge on any atom is 0.270 e. The zero-order valence-electron chi connectivity index (χ0n) is 8.50. The molecule has 1 aliphatic rings. The van der Waals surface area contributed by atoms with Crippen molar-refractivity contribution < 1.29 is 4.79 Å². The normalized spacial score (nSPS) is 14.4. The van der Waals surface area contributed by atoms with Gasteiger partial charge in [0.15, 0.2) is 0 Å². The van der Waals surface area contributed by atoms with Crippen molar-refractivity contribution in [1.82, 2.24) is 10.3 Å². The molecule has 0 bridgehead atoms. The fraction of sp³-hybridized carbons (Fsp3) is 0.455. The van der Waals surface area contributed by atoms with Crippen LogP contribution >= 0.6 is 0 Å². The number of carbonyl (C=O) groups is 1. The van der Waals surface area contributed by atoms with Gasteiger partial charge in [0.1, 0.15) is 5.69 Å². The summed E-state index contributed by atoms with van der Waals surface area (Å²) in [4.78, 5) is 15.7. The van der Waals surface area contributed by atoms with Gasteiger partial charge in [0.05, 0.1) is 0 Å². The highest BCUT2D eigenvalue weighted by molar-refractivity contribution is 5.96. The lowest BCUT2D eigenvalue weighted by molar-refractivity contribution is 0.0961. The van der Waals surface area contributed by atoms with E-state index in [4.69, 9.17) is 0 Å². The van der Waals surface area contributed by atoms with Gasteiger partial charge in [-0.2, -0.15) is 0 Å². The maximum atomic E-state index is 11.3. The Kier molecular flexibility index (Phi) is 2.23. The van der Waals surface area contributed by atoms with Crippen LogP contribution in [0.15, 0.2) is 12.1 Å². The van der Waals surface area contributed by atoms with Gasteiger partial charge < -0.3 is 5.32 Å². The van der Waals surface area contributed by atoms with Crippen LogP contribution in [0.4, 0.5) is 0 Å². The summed E-state index contributed by atoms with van der Waals surface area (Å²) >= 11 is 0. The van der Waals surface area contributed by atoms with E-state index in [2.05, 4.69) is 24.1 Å². The van der Waals surface area contributed by atoms with E-state index in [-0.39, 0.29) is 5.91 Å². The summed E-state index contributed by atoms with van der Waals surface area (Å²) in [5, 5.41) is 2.76. The molecule has 0 saturated heterocycles. The van der Waals surface area contributed by atoms with E-state index in [9.17, 15) is 4.79 Å². The Morgan fingerprint density at radius 3 is 3.00 bits per heavy atom. The van der Waals surface area contributed by atoms with Gasteiger partial charge >= 0.3 is 0 Å². The molecule has 0 fully saturated rings. The molecule has 1 aromatic rings. The van der Waals surface area contributed by atoms with Crippen LogP contribution in [0.2, 0.25) is 0 Å². The van der Waals surface area contributed by atoms with Crippen LogP contribution in [-0.2, 0) is 13.0 Å². The minimum absolute atomic E-state index is 0.0365. The van der Waals surface area contributed by atoms with Crippen molar-refractivity contribution in [2.24, 2.45) is 5.92 Å². The van der Waals surface area contributed by atoms with Gasteiger partial charge in [-0.1, -0.05) is 19.9 Å². The number of hydrogen-bond acceptors (Lipinski definition) is 2. The van der Waals surface area contributed by atoms with E-state index in [1.807, 2.05) is 12.1 Å². The van der Waals surface area contributed by atoms with Crippen molar-refractivity contribution in [3.63, 3.8) is 0 Å². The summed E-state index contributed by atoms with van der Waals surface area (Å²) < 4.78 is 0. The van der Waals surface area contributed by atoms with Gasteiger partial charge in [0, 0.05) is 17.8 Å². The summed E-state index contributed by atoms with van der Waals surface area (Å²) in [5.41, 5.74) is 2.64. The van der Waals surface area contributed by atoms with Gasteiger partial charge in [-0.15, -0.1) is 0 Å². The van der Waals surface area contributed by atoms with Crippen LogP contribution in [0, 0.1) is 5.92 Å². The fourth-order valence-electron chi connectivity index (χ4n) is 1.66. The van der Waals surface area contributed by atoms with Crippen molar-refractivity contribution in [3.05, 3.63) is 29.1 Å². The third kappa shape index (κ3) is 1.62. The molecule has 2 rings (SSSR count). The number of nitrogens with one attached hydrogen (secondary N) is 1. The minimum atomic E-state index is -0.0365. The largest absolute Gasteiger partial charge is 0.347 e. The number of rotatable bonds is 2. The zero-order valence-corrected chi connectivity index (χ0v) is 8.50. The molecule has 0 unspecified atom stereocenters. The number of pyridine rings is 1. The third-order valence-electron chi connectivity index (χ3n) is 2.31. The second kappa shape index (κ2) is 3.40. The van der Waals surface area contributed by atoms with E-state index >= 15 is 0 Å². The minimum Gasteiger partial charge on any atom is -0.347 e. The smallest absolute Gasteiger partial charge is 0.270 e. The monoisotopic (exact) mass is 190 g/mol. The molecule has 14 heavy (non-hydrogen) atoms. The van der Waals surface area contributed by atoms with Gasteiger partial charge in [0.25, 0.3) is 5.91 Å². The van der Waals surface area contributed by atoms with Crippen LogP contribution in [0.1, 0.15) is 35.6 Å². The zero-order chi connectivity index (χ0) is 10.1. The van der Waals surface area contributed by atoms with E-state index in [0.29, 0.717) is 18.2 Å². The molecule has 0 atom stereocenters. The van der Waals surface area contributed by atoms with E-state index in [0.717, 1.165) is 17.7 Å². The number of nitrogens with zero attached hydrogens (tertiary/aromatic N) is 1. The summed E-state index contributed by atoms with van der Waals surface area (Å²) in [5.74, 6) is 0.538. The number of carbonyl (C=O) groups excluding carboxylic acids is 1. The molecular weight excluding hydrogens is 176 g/mol. The highest BCUT2D eigenvalue weighted by Crippen LogP contribution is 2.15. The Morgan fingerprint density at radius 2 is 2.29 bits per heavy atom. The highest BCUT2D eigenvalue weighted by Gasteiger charge is 2.20.